The van der Waals surface area contributed by atoms with Gasteiger partial charge in [-0.05, 0) is 75.1 Å². The van der Waals surface area contributed by atoms with Gasteiger partial charge in [0.1, 0.15) is 5.56 Å². The third kappa shape index (κ3) is 2.82. The Hall–Kier alpha value is -1.62. The van der Waals surface area contributed by atoms with Gasteiger partial charge >= 0.3 is 0 Å². The number of aromatic amines is 1. The Bertz CT molecular complexity index is 653. The molecule has 5 heteroatoms. The lowest BCUT2D eigenvalue weighted by atomic mass is 9.92. The summed E-state index contributed by atoms with van der Waals surface area (Å²) in [5.41, 5.74) is 2.34. The van der Waals surface area contributed by atoms with Crippen molar-refractivity contribution in [2.24, 2.45) is 11.8 Å². The maximum Gasteiger partial charge on any atom is 0.261 e. The quantitative estimate of drug-likeness (QED) is 0.821. The van der Waals surface area contributed by atoms with Crippen molar-refractivity contribution >= 4 is 5.91 Å². The Morgan fingerprint density at radius 3 is 2.52 bits per heavy atom. The average molecular weight is 315 g/mol. The van der Waals surface area contributed by atoms with Gasteiger partial charge < -0.3 is 15.2 Å². The molecule has 4 rings (SSSR count). The van der Waals surface area contributed by atoms with Crippen LogP contribution in [0.5, 0.6) is 0 Å². The minimum atomic E-state index is -0.207. The number of hydrogen-bond acceptors (Lipinski definition) is 3. The van der Waals surface area contributed by atoms with Crippen LogP contribution in [0.25, 0.3) is 0 Å². The third-order valence-electron chi connectivity index (χ3n) is 5.88. The summed E-state index contributed by atoms with van der Waals surface area (Å²) in [5.74, 6) is 1.30. The number of amides is 1. The van der Waals surface area contributed by atoms with Gasteiger partial charge in [0.15, 0.2) is 0 Å². The van der Waals surface area contributed by atoms with Crippen molar-refractivity contribution < 1.29 is 4.79 Å². The van der Waals surface area contributed by atoms with E-state index in [1.165, 1.54) is 0 Å². The minimum Gasteiger partial charge on any atom is -0.338 e. The van der Waals surface area contributed by atoms with Crippen LogP contribution in [-0.4, -0.2) is 42.0 Å². The number of fused-ring (bicyclic) bond motifs is 2. The summed E-state index contributed by atoms with van der Waals surface area (Å²) in [6.07, 6.45) is 6.27. The molecule has 0 radical (unpaired) electrons. The molecule has 0 aromatic carbocycles. The van der Waals surface area contributed by atoms with E-state index in [1.807, 2.05) is 11.0 Å². The van der Waals surface area contributed by atoms with Crippen molar-refractivity contribution in [3.63, 3.8) is 0 Å². The second-order valence-electron chi connectivity index (χ2n) is 7.27. The van der Waals surface area contributed by atoms with E-state index in [9.17, 15) is 9.59 Å². The highest BCUT2D eigenvalue weighted by Crippen LogP contribution is 2.27. The number of rotatable bonds is 1. The molecule has 0 saturated carbocycles. The monoisotopic (exact) mass is 315 g/mol. The number of carbonyl (C=O) groups is 1. The molecule has 2 atom stereocenters. The molecule has 0 spiro atoms. The molecule has 1 aliphatic carbocycles. The van der Waals surface area contributed by atoms with E-state index in [0.717, 1.165) is 76.0 Å². The van der Waals surface area contributed by atoms with Crippen LogP contribution in [-0.2, 0) is 12.8 Å². The zero-order valence-corrected chi connectivity index (χ0v) is 13.6. The number of nitrogens with zero attached hydrogens (tertiary/aromatic N) is 1. The number of hydrogen-bond donors (Lipinski definition) is 2. The molecule has 5 nitrogen and oxygen atoms in total. The van der Waals surface area contributed by atoms with E-state index in [4.69, 9.17) is 0 Å². The number of likely N-dealkylation sites (tertiary alicyclic amines) is 1. The third-order valence-corrected chi connectivity index (χ3v) is 5.88. The fourth-order valence-electron chi connectivity index (χ4n) is 4.43. The maximum atomic E-state index is 12.9. The summed E-state index contributed by atoms with van der Waals surface area (Å²) in [7, 11) is 0. The number of pyridine rings is 1. The van der Waals surface area contributed by atoms with Crippen molar-refractivity contribution in [1.82, 2.24) is 15.2 Å². The molecule has 3 aliphatic rings. The lowest BCUT2D eigenvalue weighted by Gasteiger charge is -2.22. The normalized spacial score (nSPS) is 27.2. The van der Waals surface area contributed by atoms with Gasteiger partial charge in [-0.15, -0.1) is 0 Å². The molecule has 2 N–H and O–H groups in total. The van der Waals surface area contributed by atoms with Crippen molar-refractivity contribution in [2.45, 2.75) is 38.5 Å². The molecule has 1 amide bonds. The minimum absolute atomic E-state index is 0.0763. The molecule has 0 bridgehead atoms. The Balaban J connectivity index is 1.55. The SMILES string of the molecule is O=C(c1cc2c([nH]c1=O)CCCC2)N1CC[C@@H]2CNC[C@@H]2CC1. The molecule has 1 aromatic rings. The van der Waals surface area contributed by atoms with E-state index in [0.29, 0.717) is 17.4 Å². The number of H-pyrrole nitrogens is 1. The summed E-state index contributed by atoms with van der Waals surface area (Å²) in [6.45, 7) is 3.70. The first-order chi connectivity index (χ1) is 11.2. The molecule has 2 aliphatic heterocycles. The molecule has 1 aromatic heterocycles. The number of carbonyl (C=O) groups excluding carboxylic acids is 1. The zero-order valence-electron chi connectivity index (χ0n) is 13.6. The molecular formula is C18H25N3O2. The van der Waals surface area contributed by atoms with Crippen LogP contribution < -0.4 is 10.9 Å². The first-order valence-corrected chi connectivity index (χ1v) is 8.97. The lowest BCUT2D eigenvalue weighted by Crippen LogP contribution is -2.36. The predicted octanol–water partition coefficient (Wildman–Crippen LogP) is 1.33. The summed E-state index contributed by atoms with van der Waals surface area (Å²) in [4.78, 5) is 30.1. The molecule has 2 saturated heterocycles. The van der Waals surface area contributed by atoms with Gasteiger partial charge in [0.05, 0.1) is 0 Å². The van der Waals surface area contributed by atoms with Crippen molar-refractivity contribution in [3.05, 3.63) is 33.2 Å². The first-order valence-electron chi connectivity index (χ1n) is 8.97. The predicted molar refractivity (Wildman–Crippen MR) is 88.7 cm³/mol. The first kappa shape index (κ1) is 14.9. The summed E-state index contributed by atoms with van der Waals surface area (Å²) < 4.78 is 0. The van der Waals surface area contributed by atoms with Crippen LogP contribution in [0.2, 0.25) is 0 Å². The fraction of sp³-hybridized carbons (Fsp3) is 0.667. The average Bonchev–Trinajstić information content (AvgIpc) is 2.92. The highest BCUT2D eigenvalue weighted by molar-refractivity contribution is 5.94. The van der Waals surface area contributed by atoms with Gasteiger partial charge in [-0.25, -0.2) is 0 Å². The molecule has 124 valence electrons. The number of aryl methyl sites for hydroxylation is 2. The van der Waals surface area contributed by atoms with Crippen LogP contribution in [0.15, 0.2) is 10.9 Å². The number of aromatic nitrogens is 1. The van der Waals surface area contributed by atoms with Crippen molar-refractivity contribution in [3.8, 4) is 0 Å². The molecule has 3 heterocycles. The van der Waals surface area contributed by atoms with Crippen LogP contribution in [0.3, 0.4) is 0 Å². The van der Waals surface area contributed by atoms with E-state index >= 15 is 0 Å². The fourth-order valence-corrected chi connectivity index (χ4v) is 4.43. The second-order valence-corrected chi connectivity index (χ2v) is 7.27. The smallest absolute Gasteiger partial charge is 0.261 e. The standard InChI is InChI=1S/C18H25N3O2/c22-17-15(9-12-3-1-2-4-16(12)20-17)18(23)21-7-5-13-10-19-11-14(13)6-8-21/h9,13-14,19H,1-8,10-11H2,(H,20,22)/t13-,14+. The lowest BCUT2D eigenvalue weighted by molar-refractivity contribution is 0.0756. The Labute approximate surface area is 136 Å². The zero-order chi connectivity index (χ0) is 15.8. The van der Waals surface area contributed by atoms with Crippen LogP contribution in [0.4, 0.5) is 0 Å². The van der Waals surface area contributed by atoms with Gasteiger partial charge in [0.25, 0.3) is 11.5 Å². The van der Waals surface area contributed by atoms with E-state index in [2.05, 4.69) is 10.3 Å². The summed E-state index contributed by atoms with van der Waals surface area (Å²) >= 11 is 0. The van der Waals surface area contributed by atoms with Crippen molar-refractivity contribution in [2.75, 3.05) is 26.2 Å². The molecule has 0 unspecified atom stereocenters. The van der Waals surface area contributed by atoms with Crippen LogP contribution in [0, 0.1) is 11.8 Å². The largest absolute Gasteiger partial charge is 0.338 e. The Kier molecular flexibility index (Phi) is 3.97. The Morgan fingerprint density at radius 1 is 1.09 bits per heavy atom. The van der Waals surface area contributed by atoms with Gasteiger partial charge in [0, 0.05) is 18.8 Å². The highest BCUT2D eigenvalue weighted by atomic mass is 16.2. The molecular weight excluding hydrogens is 290 g/mol. The number of nitrogens with one attached hydrogen (secondary N) is 2. The maximum absolute atomic E-state index is 12.9. The van der Waals surface area contributed by atoms with E-state index in [-0.39, 0.29) is 11.5 Å². The van der Waals surface area contributed by atoms with Gasteiger partial charge in [0.2, 0.25) is 0 Å². The van der Waals surface area contributed by atoms with Crippen LogP contribution in [0.1, 0.15) is 47.3 Å². The van der Waals surface area contributed by atoms with Gasteiger partial charge in [-0.2, -0.15) is 0 Å². The van der Waals surface area contributed by atoms with E-state index in [1.54, 1.807) is 0 Å². The van der Waals surface area contributed by atoms with E-state index < -0.39 is 0 Å². The second kappa shape index (κ2) is 6.11. The summed E-state index contributed by atoms with van der Waals surface area (Å²) in [6, 6.07) is 1.86. The summed E-state index contributed by atoms with van der Waals surface area (Å²) in [5, 5.41) is 3.45. The highest BCUT2D eigenvalue weighted by Gasteiger charge is 2.32. The topological polar surface area (TPSA) is 65.2 Å². The van der Waals surface area contributed by atoms with Gasteiger partial charge in [-0.3, -0.25) is 9.59 Å². The Morgan fingerprint density at radius 2 is 1.78 bits per heavy atom. The molecule has 2 fully saturated rings. The molecule has 23 heavy (non-hydrogen) atoms. The van der Waals surface area contributed by atoms with Crippen LogP contribution >= 0.6 is 0 Å². The van der Waals surface area contributed by atoms with Gasteiger partial charge in [-0.1, -0.05) is 0 Å². The van der Waals surface area contributed by atoms with Crippen molar-refractivity contribution in [1.29, 1.82) is 0 Å².